The molecule has 122 valence electrons. The number of rotatable bonds is 5. The van der Waals surface area contributed by atoms with Crippen LogP contribution in [0.4, 0.5) is 5.82 Å². The van der Waals surface area contributed by atoms with Crippen LogP contribution in [0.2, 0.25) is 0 Å². The first-order valence-corrected chi connectivity index (χ1v) is 7.61. The third-order valence-corrected chi connectivity index (χ3v) is 3.90. The lowest BCUT2D eigenvalue weighted by atomic mass is 9.96. The number of aliphatic hydroxyl groups is 1. The molecule has 0 saturated heterocycles. The van der Waals surface area contributed by atoms with Crippen LogP contribution >= 0.6 is 0 Å². The molecule has 0 fully saturated rings. The minimum absolute atomic E-state index is 0.0231. The fourth-order valence-electron chi connectivity index (χ4n) is 2.65. The zero-order valence-corrected chi connectivity index (χ0v) is 13.3. The number of carbonyl (C=O) groups excluding carboxylic acids is 1. The van der Waals surface area contributed by atoms with Gasteiger partial charge in [-0.1, -0.05) is 12.1 Å². The highest BCUT2D eigenvalue weighted by Crippen LogP contribution is 2.29. The fraction of sp³-hybridized carbons (Fsp3) is 0.167. The second-order valence-corrected chi connectivity index (χ2v) is 5.54. The lowest BCUT2D eigenvalue weighted by Crippen LogP contribution is -2.11. The molecule has 0 aliphatic rings. The van der Waals surface area contributed by atoms with Gasteiger partial charge in [0, 0.05) is 22.9 Å². The Morgan fingerprint density at radius 1 is 1.25 bits per heavy atom. The molecule has 0 atom stereocenters. The smallest absolute Gasteiger partial charge is 0.248 e. The predicted octanol–water partition coefficient (Wildman–Crippen LogP) is 2.11. The molecule has 24 heavy (non-hydrogen) atoms. The Morgan fingerprint density at radius 3 is 2.83 bits per heavy atom. The summed E-state index contributed by atoms with van der Waals surface area (Å²) < 4.78 is 0. The maximum atomic E-state index is 11.4. The van der Waals surface area contributed by atoms with Crippen LogP contribution in [-0.2, 0) is 0 Å². The number of nitrogens with zero attached hydrogens (tertiary/aromatic N) is 2. The van der Waals surface area contributed by atoms with E-state index < -0.39 is 5.91 Å². The molecule has 0 spiro atoms. The van der Waals surface area contributed by atoms with Crippen molar-refractivity contribution in [3.8, 4) is 11.1 Å². The molecule has 3 rings (SSSR count). The van der Waals surface area contributed by atoms with Crippen molar-refractivity contribution in [2.24, 2.45) is 5.73 Å². The molecule has 0 aliphatic carbocycles. The van der Waals surface area contributed by atoms with Gasteiger partial charge in [-0.05, 0) is 47.9 Å². The van der Waals surface area contributed by atoms with E-state index in [9.17, 15) is 4.79 Å². The van der Waals surface area contributed by atoms with Crippen LogP contribution in [0.25, 0.3) is 21.9 Å². The van der Waals surface area contributed by atoms with Gasteiger partial charge in [0.2, 0.25) is 5.91 Å². The summed E-state index contributed by atoms with van der Waals surface area (Å²) in [5.74, 6) is 0.189. The van der Waals surface area contributed by atoms with Gasteiger partial charge >= 0.3 is 0 Å². The molecule has 0 aliphatic heterocycles. The van der Waals surface area contributed by atoms with Crippen molar-refractivity contribution < 1.29 is 9.90 Å². The molecule has 3 aromatic rings. The van der Waals surface area contributed by atoms with Crippen molar-refractivity contribution in [3.63, 3.8) is 0 Å². The van der Waals surface area contributed by atoms with E-state index in [-0.39, 0.29) is 6.61 Å². The summed E-state index contributed by atoms with van der Waals surface area (Å²) in [5, 5.41) is 21.9. The summed E-state index contributed by atoms with van der Waals surface area (Å²) in [6.45, 7) is 2.42. The molecule has 2 aromatic carbocycles. The van der Waals surface area contributed by atoms with Crippen LogP contribution < -0.4 is 11.1 Å². The van der Waals surface area contributed by atoms with Crippen molar-refractivity contribution in [3.05, 3.63) is 53.7 Å². The van der Waals surface area contributed by atoms with E-state index in [0.29, 0.717) is 17.9 Å². The molecule has 1 aromatic heterocycles. The Bertz CT molecular complexity index is 909. The van der Waals surface area contributed by atoms with Gasteiger partial charge in [-0.3, -0.25) is 4.79 Å². The summed E-state index contributed by atoms with van der Waals surface area (Å²) in [4.78, 5) is 11.4. The molecule has 0 unspecified atom stereocenters. The SMILES string of the molecule is Cc1ccc(C(N)=O)cc1-c1ccc2c(NCCO)nncc2c1. The Hall–Kier alpha value is -2.99. The average molecular weight is 322 g/mol. The van der Waals surface area contributed by atoms with Gasteiger partial charge in [0.15, 0.2) is 5.82 Å². The number of hydrogen-bond acceptors (Lipinski definition) is 5. The van der Waals surface area contributed by atoms with Gasteiger partial charge in [-0.25, -0.2) is 0 Å². The monoisotopic (exact) mass is 322 g/mol. The second-order valence-electron chi connectivity index (χ2n) is 5.54. The first kappa shape index (κ1) is 15.9. The van der Waals surface area contributed by atoms with Crippen LogP contribution in [0, 0.1) is 6.92 Å². The van der Waals surface area contributed by atoms with Crippen molar-refractivity contribution in [1.82, 2.24) is 10.2 Å². The Morgan fingerprint density at radius 2 is 2.08 bits per heavy atom. The van der Waals surface area contributed by atoms with Gasteiger partial charge in [0.25, 0.3) is 0 Å². The van der Waals surface area contributed by atoms with Gasteiger partial charge in [0.1, 0.15) is 0 Å². The van der Waals surface area contributed by atoms with E-state index in [2.05, 4.69) is 15.5 Å². The van der Waals surface area contributed by atoms with Crippen LogP contribution in [-0.4, -0.2) is 34.4 Å². The minimum Gasteiger partial charge on any atom is -0.395 e. The van der Waals surface area contributed by atoms with Gasteiger partial charge < -0.3 is 16.2 Å². The molecule has 6 nitrogen and oxygen atoms in total. The van der Waals surface area contributed by atoms with Crippen LogP contribution in [0.15, 0.2) is 42.6 Å². The number of carbonyl (C=O) groups is 1. The summed E-state index contributed by atoms with van der Waals surface area (Å²) in [5.41, 5.74) is 8.85. The van der Waals surface area contributed by atoms with E-state index in [1.165, 1.54) is 0 Å². The first-order valence-electron chi connectivity index (χ1n) is 7.61. The van der Waals surface area contributed by atoms with Crippen molar-refractivity contribution in [2.75, 3.05) is 18.5 Å². The number of benzene rings is 2. The largest absolute Gasteiger partial charge is 0.395 e. The lowest BCUT2D eigenvalue weighted by Gasteiger charge is -2.11. The lowest BCUT2D eigenvalue weighted by molar-refractivity contribution is 0.100. The molecule has 0 bridgehead atoms. The van der Waals surface area contributed by atoms with Gasteiger partial charge in [-0.2, -0.15) is 5.10 Å². The molecule has 0 radical (unpaired) electrons. The summed E-state index contributed by atoms with van der Waals surface area (Å²) in [6, 6.07) is 11.3. The van der Waals surface area contributed by atoms with Crippen LogP contribution in [0.1, 0.15) is 15.9 Å². The highest BCUT2D eigenvalue weighted by Gasteiger charge is 2.09. The normalized spacial score (nSPS) is 10.8. The maximum absolute atomic E-state index is 11.4. The third-order valence-electron chi connectivity index (χ3n) is 3.90. The van der Waals surface area contributed by atoms with Crippen molar-refractivity contribution in [1.29, 1.82) is 0 Å². The number of fused-ring (bicyclic) bond motifs is 1. The molecule has 1 amide bonds. The Labute approximate surface area is 139 Å². The quantitative estimate of drug-likeness (QED) is 0.668. The highest BCUT2D eigenvalue weighted by atomic mass is 16.3. The van der Waals surface area contributed by atoms with E-state index in [1.807, 2.05) is 31.2 Å². The topological polar surface area (TPSA) is 101 Å². The number of amides is 1. The van der Waals surface area contributed by atoms with E-state index >= 15 is 0 Å². The standard InChI is InChI=1S/C18H18N4O2/c1-11-2-3-13(17(19)24)9-16(11)12-4-5-15-14(8-12)10-21-22-18(15)20-6-7-23/h2-5,8-10,23H,6-7H2,1H3,(H2,19,24)(H,20,22). The second kappa shape index (κ2) is 6.64. The number of primary amides is 1. The minimum atomic E-state index is -0.446. The Kier molecular flexibility index (Phi) is 4.39. The van der Waals surface area contributed by atoms with E-state index in [4.69, 9.17) is 10.8 Å². The zero-order chi connectivity index (χ0) is 17.1. The number of anilines is 1. The average Bonchev–Trinajstić information content (AvgIpc) is 2.59. The van der Waals surface area contributed by atoms with Crippen molar-refractivity contribution >= 4 is 22.5 Å². The van der Waals surface area contributed by atoms with Crippen LogP contribution in [0.3, 0.4) is 0 Å². The summed E-state index contributed by atoms with van der Waals surface area (Å²) in [6.07, 6.45) is 1.69. The Balaban J connectivity index is 2.09. The van der Waals surface area contributed by atoms with Crippen LogP contribution in [0.5, 0.6) is 0 Å². The molecular weight excluding hydrogens is 304 g/mol. The molecule has 0 saturated carbocycles. The fourth-order valence-corrected chi connectivity index (χ4v) is 2.65. The summed E-state index contributed by atoms with van der Waals surface area (Å²) in [7, 11) is 0. The zero-order valence-electron chi connectivity index (χ0n) is 13.3. The number of hydrogen-bond donors (Lipinski definition) is 3. The van der Waals surface area contributed by atoms with Gasteiger partial charge in [0.05, 0.1) is 12.8 Å². The number of aliphatic hydroxyl groups excluding tert-OH is 1. The van der Waals surface area contributed by atoms with E-state index in [1.54, 1.807) is 18.3 Å². The molecule has 6 heteroatoms. The number of aromatic nitrogens is 2. The number of nitrogens with one attached hydrogen (secondary N) is 1. The van der Waals surface area contributed by atoms with E-state index in [0.717, 1.165) is 27.5 Å². The maximum Gasteiger partial charge on any atom is 0.248 e. The molecule has 1 heterocycles. The summed E-state index contributed by atoms with van der Waals surface area (Å²) >= 11 is 0. The number of aryl methyl sites for hydroxylation is 1. The molecule has 4 N–H and O–H groups in total. The third kappa shape index (κ3) is 3.04. The first-order chi connectivity index (χ1) is 11.6. The van der Waals surface area contributed by atoms with Crippen molar-refractivity contribution in [2.45, 2.75) is 6.92 Å². The predicted molar refractivity (Wildman–Crippen MR) is 93.8 cm³/mol. The number of nitrogens with two attached hydrogens (primary N) is 1. The van der Waals surface area contributed by atoms with Gasteiger partial charge in [-0.15, -0.1) is 5.10 Å². The highest BCUT2D eigenvalue weighted by molar-refractivity contribution is 5.96. The molecular formula is C18H18N4O2.